The highest BCUT2D eigenvalue weighted by molar-refractivity contribution is 4.62. The average molecular weight is 202 g/mol. The van der Waals surface area contributed by atoms with Crippen molar-refractivity contribution in [2.24, 2.45) is 5.92 Å². The summed E-state index contributed by atoms with van der Waals surface area (Å²) in [7, 11) is 0. The molecule has 0 spiro atoms. The van der Waals surface area contributed by atoms with Crippen molar-refractivity contribution >= 4 is 0 Å². The zero-order valence-electron chi connectivity index (χ0n) is 10.2. The smallest absolute Gasteiger partial charge is 0.160 e. The highest BCUT2D eigenvalue weighted by Crippen LogP contribution is 2.21. The van der Waals surface area contributed by atoms with Gasteiger partial charge < -0.3 is 9.47 Å². The first-order valence-electron chi connectivity index (χ1n) is 6.03. The molecule has 0 bridgehead atoms. The molecule has 0 aromatic heterocycles. The summed E-state index contributed by atoms with van der Waals surface area (Å²) in [6, 6.07) is 0. The standard InChI is InChI=1S/C12H26O2/c1-5-9-11(10-6-2)12(13-7-3)14-8-4/h11-12H,5-10H2,1-4H3. The highest BCUT2D eigenvalue weighted by atomic mass is 16.7. The van der Waals surface area contributed by atoms with Crippen LogP contribution in [0.25, 0.3) is 0 Å². The van der Waals surface area contributed by atoms with Gasteiger partial charge in [-0.15, -0.1) is 0 Å². The lowest BCUT2D eigenvalue weighted by molar-refractivity contribution is -0.169. The fourth-order valence-electron chi connectivity index (χ4n) is 1.81. The largest absolute Gasteiger partial charge is 0.353 e. The summed E-state index contributed by atoms with van der Waals surface area (Å²) in [4.78, 5) is 0. The first-order valence-corrected chi connectivity index (χ1v) is 6.03. The van der Waals surface area contributed by atoms with Crippen LogP contribution in [-0.2, 0) is 9.47 Å². The second kappa shape index (κ2) is 9.47. The molecule has 0 fully saturated rings. The van der Waals surface area contributed by atoms with E-state index in [0.29, 0.717) is 5.92 Å². The van der Waals surface area contributed by atoms with E-state index in [1.54, 1.807) is 0 Å². The molecule has 0 aliphatic rings. The van der Waals surface area contributed by atoms with E-state index in [-0.39, 0.29) is 6.29 Å². The Bertz CT molecular complexity index is 88.9. The Balaban J connectivity index is 4.06. The van der Waals surface area contributed by atoms with E-state index >= 15 is 0 Å². The molecule has 0 heterocycles. The maximum absolute atomic E-state index is 5.63. The molecular weight excluding hydrogens is 176 g/mol. The van der Waals surface area contributed by atoms with Crippen molar-refractivity contribution in [3.05, 3.63) is 0 Å². The van der Waals surface area contributed by atoms with Crippen molar-refractivity contribution in [2.75, 3.05) is 13.2 Å². The minimum absolute atomic E-state index is 0.0184. The molecule has 0 aromatic carbocycles. The van der Waals surface area contributed by atoms with Gasteiger partial charge in [-0.2, -0.15) is 0 Å². The maximum Gasteiger partial charge on any atom is 0.160 e. The number of ether oxygens (including phenoxy) is 2. The van der Waals surface area contributed by atoms with Gasteiger partial charge in [-0.05, 0) is 26.7 Å². The van der Waals surface area contributed by atoms with Gasteiger partial charge in [0.1, 0.15) is 0 Å². The molecule has 0 aliphatic heterocycles. The lowest BCUT2D eigenvalue weighted by Crippen LogP contribution is -2.27. The minimum atomic E-state index is 0.0184. The average Bonchev–Trinajstić information content (AvgIpc) is 2.17. The summed E-state index contributed by atoms with van der Waals surface area (Å²) in [5.41, 5.74) is 0. The van der Waals surface area contributed by atoms with Crippen LogP contribution in [0, 0.1) is 5.92 Å². The van der Waals surface area contributed by atoms with Gasteiger partial charge in [0.05, 0.1) is 0 Å². The zero-order valence-corrected chi connectivity index (χ0v) is 10.2. The lowest BCUT2D eigenvalue weighted by Gasteiger charge is -2.26. The van der Waals surface area contributed by atoms with E-state index in [1.165, 1.54) is 25.7 Å². The van der Waals surface area contributed by atoms with E-state index in [2.05, 4.69) is 13.8 Å². The van der Waals surface area contributed by atoms with E-state index in [1.807, 2.05) is 13.8 Å². The predicted octanol–water partition coefficient (Wildman–Crippen LogP) is 3.60. The predicted molar refractivity (Wildman–Crippen MR) is 60.3 cm³/mol. The molecule has 0 rings (SSSR count). The molecule has 0 aliphatic carbocycles. The highest BCUT2D eigenvalue weighted by Gasteiger charge is 2.20. The molecule has 0 unspecified atom stereocenters. The Hall–Kier alpha value is -0.0800. The van der Waals surface area contributed by atoms with Gasteiger partial charge in [0, 0.05) is 19.1 Å². The fourth-order valence-corrected chi connectivity index (χ4v) is 1.81. The Labute approximate surface area is 89.0 Å². The molecule has 0 N–H and O–H groups in total. The molecule has 0 saturated carbocycles. The van der Waals surface area contributed by atoms with E-state index < -0.39 is 0 Å². The van der Waals surface area contributed by atoms with E-state index in [9.17, 15) is 0 Å². The van der Waals surface area contributed by atoms with Crippen LogP contribution in [0.2, 0.25) is 0 Å². The first-order chi connectivity index (χ1) is 6.79. The molecule has 14 heavy (non-hydrogen) atoms. The SMILES string of the molecule is CCCC(CCC)C(OCC)OCC. The molecule has 0 atom stereocenters. The third-order valence-electron chi connectivity index (χ3n) is 2.37. The monoisotopic (exact) mass is 202 g/mol. The van der Waals surface area contributed by atoms with Gasteiger partial charge in [0.15, 0.2) is 6.29 Å². The van der Waals surface area contributed by atoms with Crippen molar-refractivity contribution < 1.29 is 9.47 Å². The van der Waals surface area contributed by atoms with Crippen LogP contribution in [0.5, 0.6) is 0 Å². The van der Waals surface area contributed by atoms with Crippen LogP contribution in [-0.4, -0.2) is 19.5 Å². The Morgan fingerprint density at radius 1 is 0.786 bits per heavy atom. The van der Waals surface area contributed by atoms with Gasteiger partial charge in [-0.25, -0.2) is 0 Å². The molecule has 0 saturated heterocycles. The maximum atomic E-state index is 5.63. The van der Waals surface area contributed by atoms with Crippen LogP contribution in [0.15, 0.2) is 0 Å². The summed E-state index contributed by atoms with van der Waals surface area (Å²) in [5.74, 6) is 0.574. The Morgan fingerprint density at radius 2 is 1.21 bits per heavy atom. The minimum Gasteiger partial charge on any atom is -0.353 e. The second-order valence-electron chi connectivity index (χ2n) is 3.62. The number of hydrogen-bond acceptors (Lipinski definition) is 2. The fraction of sp³-hybridized carbons (Fsp3) is 1.00. The quantitative estimate of drug-likeness (QED) is 0.532. The van der Waals surface area contributed by atoms with Gasteiger partial charge in [0.2, 0.25) is 0 Å². The van der Waals surface area contributed by atoms with Crippen LogP contribution in [0.1, 0.15) is 53.4 Å². The van der Waals surface area contributed by atoms with Crippen molar-refractivity contribution in [1.82, 2.24) is 0 Å². The summed E-state index contributed by atoms with van der Waals surface area (Å²) >= 11 is 0. The number of hydrogen-bond donors (Lipinski definition) is 0. The Morgan fingerprint density at radius 3 is 1.50 bits per heavy atom. The number of rotatable bonds is 9. The molecule has 2 nitrogen and oxygen atoms in total. The summed E-state index contributed by atoms with van der Waals surface area (Å²) < 4.78 is 11.3. The van der Waals surface area contributed by atoms with Gasteiger partial charge in [-0.1, -0.05) is 26.7 Å². The summed E-state index contributed by atoms with van der Waals surface area (Å²) in [6.07, 6.45) is 4.85. The van der Waals surface area contributed by atoms with Crippen molar-refractivity contribution in [3.8, 4) is 0 Å². The third-order valence-corrected chi connectivity index (χ3v) is 2.37. The van der Waals surface area contributed by atoms with Crippen molar-refractivity contribution in [3.63, 3.8) is 0 Å². The normalized spacial score (nSPS) is 11.6. The van der Waals surface area contributed by atoms with Crippen molar-refractivity contribution in [1.29, 1.82) is 0 Å². The molecular formula is C12H26O2. The Kier molecular flexibility index (Phi) is 9.42. The third kappa shape index (κ3) is 5.61. The van der Waals surface area contributed by atoms with Crippen molar-refractivity contribution in [2.45, 2.75) is 59.7 Å². The van der Waals surface area contributed by atoms with Gasteiger partial charge in [0.25, 0.3) is 0 Å². The van der Waals surface area contributed by atoms with Crippen LogP contribution in [0.4, 0.5) is 0 Å². The summed E-state index contributed by atoms with van der Waals surface area (Å²) in [6.45, 7) is 9.99. The van der Waals surface area contributed by atoms with Crippen LogP contribution in [0.3, 0.4) is 0 Å². The second-order valence-corrected chi connectivity index (χ2v) is 3.62. The lowest BCUT2D eigenvalue weighted by atomic mass is 9.97. The molecule has 0 radical (unpaired) electrons. The zero-order chi connectivity index (χ0) is 10.8. The molecule has 86 valence electrons. The molecule has 2 heteroatoms. The van der Waals surface area contributed by atoms with Crippen LogP contribution < -0.4 is 0 Å². The first kappa shape index (κ1) is 13.9. The van der Waals surface area contributed by atoms with Crippen LogP contribution >= 0.6 is 0 Å². The van der Waals surface area contributed by atoms with Gasteiger partial charge in [-0.3, -0.25) is 0 Å². The summed E-state index contributed by atoms with van der Waals surface area (Å²) in [5, 5.41) is 0. The molecule has 0 amide bonds. The van der Waals surface area contributed by atoms with Gasteiger partial charge >= 0.3 is 0 Å². The van der Waals surface area contributed by atoms with E-state index in [0.717, 1.165) is 13.2 Å². The van der Waals surface area contributed by atoms with E-state index in [4.69, 9.17) is 9.47 Å². The molecule has 0 aromatic rings. The topological polar surface area (TPSA) is 18.5 Å².